The van der Waals surface area contributed by atoms with E-state index >= 15 is 0 Å². The maximum Gasteiger partial charge on any atom is 0.410 e. The van der Waals surface area contributed by atoms with E-state index in [4.69, 9.17) is 18.9 Å². The molecule has 0 unspecified atom stereocenters. The van der Waals surface area contributed by atoms with Gasteiger partial charge in [-0.15, -0.1) is 0 Å². The van der Waals surface area contributed by atoms with Crippen LogP contribution in [0.2, 0.25) is 0 Å². The number of methoxy groups -OCH3 is 3. The quantitative estimate of drug-likeness (QED) is 0.544. The van der Waals surface area contributed by atoms with Crippen molar-refractivity contribution in [2.45, 2.75) is 70.9 Å². The number of Topliss-reactive ketones (excluding diaryl/α,β-unsaturated/α-hetero) is 1. The number of rotatable bonds is 9. The number of benzene rings is 1. The zero-order valence-electron chi connectivity index (χ0n) is 21.4. The lowest BCUT2D eigenvalue weighted by molar-refractivity contribution is -0.131. The predicted octanol–water partition coefficient (Wildman–Crippen LogP) is 3.06. The zero-order chi connectivity index (χ0) is 25.6. The van der Waals surface area contributed by atoms with Gasteiger partial charge in [0.1, 0.15) is 11.4 Å². The number of nitrogens with one attached hydrogen (secondary N) is 1. The molecule has 0 aromatic heterocycles. The van der Waals surface area contributed by atoms with Gasteiger partial charge in [-0.05, 0) is 46.2 Å². The van der Waals surface area contributed by atoms with E-state index in [0.717, 1.165) is 0 Å². The lowest BCUT2D eigenvalue weighted by Crippen LogP contribution is -2.52. The van der Waals surface area contributed by atoms with E-state index in [1.807, 2.05) is 0 Å². The van der Waals surface area contributed by atoms with Crippen LogP contribution in [0.3, 0.4) is 0 Å². The average molecular weight is 479 g/mol. The first-order valence-electron chi connectivity index (χ1n) is 11.5. The third kappa shape index (κ3) is 6.70. The van der Waals surface area contributed by atoms with Gasteiger partial charge in [0.25, 0.3) is 0 Å². The third-order valence-corrected chi connectivity index (χ3v) is 5.95. The largest absolute Gasteiger partial charge is 0.496 e. The van der Waals surface area contributed by atoms with Crippen molar-refractivity contribution < 1.29 is 33.3 Å². The van der Waals surface area contributed by atoms with Crippen LogP contribution in [0, 0.1) is 5.92 Å². The summed E-state index contributed by atoms with van der Waals surface area (Å²) in [6.07, 6.45) is -0.800. The second-order valence-corrected chi connectivity index (χ2v) is 9.58. The summed E-state index contributed by atoms with van der Waals surface area (Å²) in [6.45, 7) is 9.09. The van der Waals surface area contributed by atoms with Crippen molar-refractivity contribution in [1.82, 2.24) is 10.2 Å². The maximum atomic E-state index is 13.1. The summed E-state index contributed by atoms with van der Waals surface area (Å²) in [7, 11) is 4.58. The Kier molecular flexibility index (Phi) is 9.46. The molecular weight excluding hydrogens is 440 g/mol. The summed E-state index contributed by atoms with van der Waals surface area (Å²) in [6, 6.07) is 5.67. The van der Waals surface area contributed by atoms with Gasteiger partial charge >= 0.3 is 6.09 Å². The Bertz CT molecular complexity index is 867. The third-order valence-electron chi connectivity index (χ3n) is 5.95. The second-order valence-electron chi connectivity index (χ2n) is 9.58. The first kappa shape index (κ1) is 27.6. The van der Waals surface area contributed by atoms with E-state index in [9.17, 15) is 14.4 Å². The molecule has 1 N–H and O–H groups in total. The first-order valence-corrected chi connectivity index (χ1v) is 11.5. The van der Waals surface area contributed by atoms with Crippen molar-refractivity contribution in [2.75, 3.05) is 27.9 Å². The number of ketones is 1. The van der Waals surface area contributed by atoms with E-state index in [1.165, 1.54) is 14.2 Å². The standard InChI is InChI=1S/C25H38N2O7/c1-15(23(29)26-16(2)21(28)18-11-9-10-12-20(18)32-7)22(33-8)19-13-17(31-6)14-27(19)24(30)34-25(3,4)5/h9-12,15-17,19,22H,13-14H2,1-8H3,(H,26,29)/t15-,16-,17-,19+,22-/m1/s1. The molecular formula is C25H38N2O7. The van der Waals surface area contributed by atoms with E-state index in [-0.39, 0.29) is 17.8 Å². The number of carbonyl (C=O) groups excluding carboxylic acids is 3. The smallest absolute Gasteiger partial charge is 0.410 e. The number of amides is 2. The topological polar surface area (TPSA) is 103 Å². The highest BCUT2D eigenvalue weighted by atomic mass is 16.6. The van der Waals surface area contributed by atoms with Crippen LogP contribution >= 0.6 is 0 Å². The van der Waals surface area contributed by atoms with Gasteiger partial charge in [0.15, 0.2) is 5.78 Å². The van der Waals surface area contributed by atoms with E-state index < -0.39 is 35.8 Å². The Labute approximate surface area is 202 Å². The molecule has 1 aromatic rings. The van der Waals surface area contributed by atoms with Gasteiger partial charge < -0.3 is 24.3 Å². The van der Waals surface area contributed by atoms with Crippen LogP contribution < -0.4 is 10.1 Å². The summed E-state index contributed by atoms with van der Waals surface area (Å²) >= 11 is 0. The van der Waals surface area contributed by atoms with Crippen LogP contribution in [-0.2, 0) is 19.0 Å². The molecule has 2 rings (SSSR count). The maximum absolute atomic E-state index is 13.1. The minimum Gasteiger partial charge on any atom is -0.496 e. The molecule has 1 aliphatic rings. The molecule has 0 bridgehead atoms. The molecule has 0 aliphatic carbocycles. The van der Waals surface area contributed by atoms with Crippen LogP contribution in [0.1, 0.15) is 51.4 Å². The molecule has 9 heteroatoms. The summed E-state index contributed by atoms with van der Waals surface area (Å²) in [5.74, 6) is -0.820. The van der Waals surface area contributed by atoms with E-state index in [2.05, 4.69) is 5.32 Å². The Morgan fingerprint density at radius 2 is 1.74 bits per heavy atom. The number of nitrogens with zero attached hydrogens (tertiary/aromatic N) is 1. The fourth-order valence-corrected chi connectivity index (χ4v) is 4.17. The van der Waals surface area contributed by atoms with Crippen LogP contribution in [0.4, 0.5) is 4.79 Å². The summed E-state index contributed by atoms with van der Waals surface area (Å²) in [5.41, 5.74) is -0.268. The molecule has 0 spiro atoms. The lowest BCUT2D eigenvalue weighted by atomic mass is 9.94. The van der Waals surface area contributed by atoms with E-state index in [0.29, 0.717) is 24.3 Å². The number of ether oxygens (including phenoxy) is 4. The van der Waals surface area contributed by atoms with E-state index in [1.54, 1.807) is 70.9 Å². The van der Waals surface area contributed by atoms with Crippen molar-refractivity contribution in [2.24, 2.45) is 5.92 Å². The van der Waals surface area contributed by atoms with Crippen molar-refractivity contribution in [3.05, 3.63) is 29.8 Å². The molecule has 9 nitrogen and oxygen atoms in total. The van der Waals surface area contributed by atoms with Gasteiger partial charge in [-0.3, -0.25) is 14.5 Å². The lowest BCUT2D eigenvalue weighted by Gasteiger charge is -2.34. The SMILES string of the molecule is COc1ccccc1C(=O)[C@@H](C)NC(=O)[C@H](C)[C@@H](OC)[C@@H]1C[C@@H](OC)CN1C(=O)OC(C)(C)C. The fourth-order valence-electron chi connectivity index (χ4n) is 4.17. The van der Waals surface area contributed by atoms with Crippen LogP contribution in [0.5, 0.6) is 5.75 Å². The second kappa shape index (κ2) is 11.7. The van der Waals surface area contributed by atoms with Gasteiger partial charge in [0.2, 0.25) is 5.91 Å². The van der Waals surface area contributed by atoms with Crippen LogP contribution in [0.25, 0.3) is 0 Å². The van der Waals surface area contributed by atoms with Crippen molar-refractivity contribution in [1.29, 1.82) is 0 Å². The summed E-state index contributed by atoms with van der Waals surface area (Å²) < 4.78 is 22.0. The molecule has 1 saturated heterocycles. The molecule has 5 atom stereocenters. The molecule has 1 aliphatic heterocycles. The summed E-state index contributed by atoms with van der Waals surface area (Å²) in [5, 5.41) is 2.79. The Balaban J connectivity index is 2.15. The minimum absolute atomic E-state index is 0.198. The Hall–Kier alpha value is -2.65. The van der Waals surface area contributed by atoms with Crippen LogP contribution in [-0.4, -0.2) is 80.5 Å². The highest BCUT2D eigenvalue weighted by Crippen LogP contribution is 2.29. The van der Waals surface area contributed by atoms with Gasteiger partial charge in [-0.1, -0.05) is 19.1 Å². The number of para-hydroxylation sites is 1. The number of hydrogen-bond donors (Lipinski definition) is 1. The highest BCUT2D eigenvalue weighted by molar-refractivity contribution is 6.03. The Morgan fingerprint density at radius 3 is 2.29 bits per heavy atom. The van der Waals surface area contributed by atoms with Gasteiger partial charge in [-0.25, -0.2) is 4.79 Å². The number of carbonyl (C=O) groups is 3. The molecule has 2 amide bonds. The molecule has 34 heavy (non-hydrogen) atoms. The van der Waals surface area contributed by atoms with Gasteiger partial charge in [0.05, 0.1) is 49.4 Å². The molecule has 1 aromatic carbocycles. The molecule has 0 radical (unpaired) electrons. The normalized spacial score (nSPS) is 20.9. The average Bonchev–Trinajstić information content (AvgIpc) is 3.22. The van der Waals surface area contributed by atoms with Crippen molar-refractivity contribution in [3.8, 4) is 5.75 Å². The number of likely N-dealkylation sites (tertiary alicyclic amines) is 1. The van der Waals surface area contributed by atoms with Gasteiger partial charge in [-0.2, -0.15) is 0 Å². The predicted molar refractivity (Wildman–Crippen MR) is 127 cm³/mol. The zero-order valence-corrected chi connectivity index (χ0v) is 21.4. The molecule has 190 valence electrons. The minimum atomic E-state index is -0.777. The molecule has 1 fully saturated rings. The molecule has 1 heterocycles. The fraction of sp³-hybridized carbons (Fsp3) is 0.640. The van der Waals surface area contributed by atoms with Crippen molar-refractivity contribution in [3.63, 3.8) is 0 Å². The first-order chi connectivity index (χ1) is 15.9. The molecule has 0 saturated carbocycles. The Morgan fingerprint density at radius 1 is 1.09 bits per heavy atom. The summed E-state index contributed by atoms with van der Waals surface area (Å²) in [4.78, 5) is 40.5. The van der Waals surface area contributed by atoms with Crippen molar-refractivity contribution >= 4 is 17.8 Å². The van der Waals surface area contributed by atoms with Gasteiger partial charge in [0, 0.05) is 14.2 Å². The highest BCUT2D eigenvalue weighted by Gasteiger charge is 2.45. The monoisotopic (exact) mass is 478 g/mol. The number of hydrogen-bond acceptors (Lipinski definition) is 7. The van der Waals surface area contributed by atoms with Crippen LogP contribution in [0.15, 0.2) is 24.3 Å².